The summed E-state index contributed by atoms with van der Waals surface area (Å²) >= 11 is 0. The van der Waals surface area contributed by atoms with Crippen LogP contribution in [0.15, 0.2) is 11.1 Å². The number of esters is 2. The van der Waals surface area contributed by atoms with Crippen LogP contribution in [0.2, 0.25) is 0 Å². The van der Waals surface area contributed by atoms with Crippen molar-refractivity contribution in [1.29, 1.82) is 0 Å². The zero-order chi connectivity index (χ0) is 23.8. The predicted octanol–water partition coefficient (Wildman–Crippen LogP) is 1.11. The third kappa shape index (κ3) is 2.07. The van der Waals surface area contributed by atoms with E-state index in [1.54, 1.807) is 13.8 Å². The van der Waals surface area contributed by atoms with Crippen molar-refractivity contribution in [3.8, 4) is 0 Å². The van der Waals surface area contributed by atoms with Crippen LogP contribution in [0.4, 0.5) is 0 Å². The molecule has 5 aliphatic carbocycles. The molecule has 3 saturated carbocycles. The van der Waals surface area contributed by atoms with E-state index in [0.717, 1.165) is 0 Å². The molecule has 0 aromatic rings. The molecule has 0 aromatic carbocycles. The Labute approximate surface area is 186 Å². The van der Waals surface area contributed by atoms with Gasteiger partial charge < -0.3 is 19.7 Å². The number of aliphatic hydroxyl groups excluding tert-OH is 1. The van der Waals surface area contributed by atoms with Crippen molar-refractivity contribution in [2.24, 2.45) is 34.0 Å². The highest BCUT2D eigenvalue weighted by Gasteiger charge is 2.86. The summed E-state index contributed by atoms with van der Waals surface area (Å²) < 4.78 is 11.2. The summed E-state index contributed by atoms with van der Waals surface area (Å²) in [5.74, 6) is -3.14. The van der Waals surface area contributed by atoms with E-state index >= 15 is 0 Å². The molecule has 0 unspecified atom stereocenters. The van der Waals surface area contributed by atoms with Crippen LogP contribution in [0.3, 0.4) is 0 Å². The van der Waals surface area contributed by atoms with E-state index in [1.165, 1.54) is 13.8 Å². The molecule has 1 spiro atoms. The largest absolute Gasteiger partial charge is 0.459 e. The van der Waals surface area contributed by atoms with Crippen molar-refractivity contribution in [3.63, 3.8) is 0 Å². The van der Waals surface area contributed by atoms with Crippen LogP contribution in [-0.2, 0) is 28.7 Å². The van der Waals surface area contributed by atoms with Gasteiger partial charge in [0, 0.05) is 48.5 Å². The number of carbonyl (C=O) groups excluding carboxylic acids is 4. The van der Waals surface area contributed by atoms with Crippen molar-refractivity contribution in [3.05, 3.63) is 11.1 Å². The van der Waals surface area contributed by atoms with E-state index in [0.29, 0.717) is 12.0 Å². The number of ketones is 2. The lowest BCUT2D eigenvalue weighted by molar-refractivity contribution is -0.271. The van der Waals surface area contributed by atoms with Gasteiger partial charge in [0.2, 0.25) is 0 Å². The molecule has 0 aliphatic heterocycles. The number of ether oxygens (including phenoxy) is 2. The van der Waals surface area contributed by atoms with Gasteiger partial charge in [0.15, 0.2) is 5.78 Å². The van der Waals surface area contributed by atoms with Crippen LogP contribution in [-0.4, -0.2) is 57.6 Å². The summed E-state index contributed by atoms with van der Waals surface area (Å²) in [7, 11) is 0. The van der Waals surface area contributed by atoms with Gasteiger partial charge in [0.05, 0.1) is 5.41 Å². The van der Waals surface area contributed by atoms with Gasteiger partial charge in [-0.2, -0.15) is 0 Å². The molecule has 0 amide bonds. The molecule has 9 atom stereocenters. The molecule has 0 heterocycles. The van der Waals surface area contributed by atoms with Crippen molar-refractivity contribution >= 4 is 23.5 Å². The Morgan fingerprint density at radius 1 is 1.06 bits per heavy atom. The first kappa shape index (κ1) is 21.8. The zero-order valence-electron chi connectivity index (χ0n) is 19.2. The lowest BCUT2D eigenvalue weighted by Crippen LogP contribution is -2.82. The van der Waals surface area contributed by atoms with Crippen LogP contribution < -0.4 is 0 Å². The Morgan fingerprint density at radius 3 is 2.12 bits per heavy atom. The lowest BCUT2D eigenvalue weighted by atomic mass is 9.30. The number of hydrogen-bond acceptors (Lipinski definition) is 8. The molecule has 0 aromatic heterocycles. The van der Waals surface area contributed by atoms with Gasteiger partial charge in [-0.15, -0.1) is 0 Å². The molecule has 5 aliphatic rings. The Balaban J connectivity index is 1.80. The molecule has 0 saturated heterocycles. The van der Waals surface area contributed by atoms with Gasteiger partial charge in [0.1, 0.15) is 29.7 Å². The van der Waals surface area contributed by atoms with Crippen molar-refractivity contribution in [2.75, 3.05) is 0 Å². The summed E-state index contributed by atoms with van der Waals surface area (Å²) in [5.41, 5.74) is -4.27. The molecule has 8 heteroatoms. The highest BCUT2D eigenvalue weighted by Crippen LogP contribution is 2.79. The molecule has 5 rings (SSSR count). The second-order valence-electron chi connectivity index (χ2n) is 11.3. The SMILES string of the molecule is CC(=O)O[C@H]1[C@@H]2C(C)(C)C(=O)C[C@H]3[C@]2(C)C2=C(C(=O)[C@]4(C[C@H]4C)[C@H](OC(C)=O)[C@]23O)[C@@H]1O. The second kappa shape index (κ2) is 5.89. The molecule has 2 N–H and O–H groups in total. The van der Waals surface area contributed by atoms with Crippen LogP contribution in [0.1, 0.15) is 54.4 Å². The molecule has 32 heavy (non-hydrogen) atoms. The van der Waals surface area contributed by atoms with Crippen molar-refractivity contribution in [2.45, 2.75) is 78.3 Å². The molecule has 0 radical (unpaired) electrons. The number of fused-ring (bicyclic) bond motifs is 1. The number of Topliss-reactive ketones (excluding diaryl/α,β-unsaturated/α-hetero) is 2. The average molecular weight is 446 g/mol. The Hall–Kier alpha value is -2.06. The Morgan fingerprint density at radius 2 is 1.62 bits per heavy atom. The molecule has 174 valence electrons. The maximum Gasteiger partial charge on any atom is 0.303 e. The maximum absolute atomic E-state index is 13.9. The maximum atomic E-state index is 13.9. The lowest BCUT2D eigenvalue weighted by Gasteiger charge is -2.74. The predicted molar refractivity (Wildman–Crippen MR) is 109 cm³/mol. The monoisotopic (exact) mass is 446 g/mol. The smallest absolute Gasteiger partial charge is 0.303 e. The molecular formula is C24H30O8. The highest BCUT2D eigenvalue weighted by molar-refractivity contribution is 6.08. The standard InChI is InChI=1S/C24H30O8/c1-9-8-23(9)19(29)14-15(28)16(31-10(2)25)18-21(4,5)13(27)7-12-22(18,6)17(14)24(12,30)20(23)32-11(3)26/h9,12,15-16,18,20,28,30H,7-8H2,1-6H3/t9-,12+,15+,16-,18-,20+,22-,23-,24-/m1/s1. The van der Waals surface area contributed by atoms with Gasteiger partial charge in [-0.1, -0.05) is 27.7 Å². The van der Waals surface area contributed by atoms with Crippen molar-refractivity contribution < 1.29 is 38.9 Å². The average Bonchev–Trinajstić information content (AvgIpc) is 3.34. The third-order valence-corrected chi connectivity index (χ3v) is 9.41. The highest BCUT2D eigenvalue weighted by atomic mass is 16.6. The van der Waals surface area contributed by atoms with Gasteiger partial charge in [0.25, 0.3) is 0 Å². The Bertz CT molecular complexity index is 1030. The van der Waals surface area contributed by atoms with Gasteiger partial charge in [-0.05, 0) is 17.9 Å². The molecule has 8 nitrogen and oxygen atoms in total. The summed E-state index contributed by atoms with van der Waals surface area (Å²) in [6.45, 7) is 9.70. The van der Waals surface area contributed by atoms with Crippen LogP contribution in [0.5, 0.6) is 0 Å². The minimum absolute atomic E-state index is 0.0482. The number of rotatable bonds is 2. The van der Waals surface area contributed by atoms with Crippen LogP contribution >= 0.6 is 0 Å². The Kier molecular flexibility index (Phi) is 4.01. The van der Waals surface area contributed by atoms with Gasteiger partial charge in [-0.3, -0.25) is 19.2 Å². The van der Waals surface area contributed by atoms with E-state index < -0.39 is 63.9 Å². The summed E-state index contributed by atoms with van der Waals surface area (Å²) in [6.07, 6.45) is -3.23. The van der Waals surface area contributed by atoms with Gasteiger partial charge in [-0.25, -0.2) is 0 Å². The topological polar surface area (TPSA) is 127 Å². The number of hydrogen-bond donors (Lipinski definition) is 2. The van der Waals surface area contributed by atoms with E-state index in [9.17, 15) is 29.4 Å². The number of aliphatic hydroxyl groups is 2. The first-order chi connectivity index (χ1) is 14.7. The van der Waals surface area contributed by atoms with E-state index in [4.69, 9.17) is 9.47 Å². The van der Waals surface area contributed by atoms with Crippen molar-refractivity contribution in [1.82, 2.24) is 0 Å². The first-order valence-electron chi connectivity index (χ1n) is 11.3. The molecule has 3 fully saturated rings. The number of carbonyl (C=O) groups is 4. The fourth-order valence-corrected chi connectivity index (χ4v) is 8.16. The zero-order valence-corrected chi connectivity index (χ0v) is 19.2. The normalized spacial score (nSPS) is 49.9. The first-order valence-corrected chi connectivity index (χ1v) is 11.3. The van der Waals surface area contributed by atoms with Gasteiger partial charge >= 0.3 is 11.9 Å². The summed E-state index contributed by atoms with van der Waals surface area (Å²) in [4.78, 5) is 51.2. The van der Waals surface area contributed by atoms with E-state index in [2.05, 4.69) is 0 Å². The van der Waals surface area contributed by atoms with Crippen LogP contribution in [0, 0.1) is 34.0 Å². The summed E-state index contributed by atoms with van der Waals surface area (Å²) in [6, 6.07) is 0. The van der Waals surface area contributed by atoms with E-state index in [-0.39, 0.29) is 29.5 Å². The second-order valence-corrected chi connectivity index (χ2v) is 11.3. The van der Waals surface area contributed by atoms with Crippen LogP contribution in [0.25, 0.3) is 0 Å². The third-order valence-electron chi connectivity index (χ3n) is 9.41. The minimum Gasteiger partial charge on any atom is -0.459 e. The fourth-order valence-electron chi connectivity index (χ4n) is 8.16. The minimum atomic E-state index is -1.72. The molecular weight excluding hydrogens is 416 g/mol. The fraction of sp³-hybridized carbons (Fsp3) is 0.750. The summed E-state index contributed by atoms with van der Waals surface area (Å²) in [5, 5.41) is 23.6. The molecule has 0 bridgehead atoms. The van der Waals surface area contributed by atoms with E-state index in [1.807, 2.05) is 13.8 Å². The quantitative estimate of drug-likeness (QED) is 0.604.